The van der Waals surface area contributed by atoms with Gasteiger partial charge in [0, 0.05) is 31.2 Å². The maximum atomic E-state index is 11.8. The zero-order valence-corrected chi connectivity index (χ0v) is 15.2. The fourth-order valence-corrected chi connectivity index (χ4v) is 4.87. The molecule has 3 fully saturated rings. The summed E-state index contributed by atoms with van der Waals surface area (Å²) < 4.78 is 0. The Hall–Kier alpha value is -1.39. The minimum Gasteiger partial charge on any atom is -0.317 e. The van der Waals surface area contributed by atoms with E-state index in [1.165, 1.54) is 57.2 Å². The van der Waals surface area contributed by atoms with Gasteiger partial charge >= 0.3 is 0 Å². The van der Waals surface area contributed by atoms with Gasteiger partial charge in [-0.05, 0) is 81.1 Å². The van der Waals surface area contributed by atoms with Crippen LogP contribution in [-0.4, -0.2) is 31.6 Å². The van der Waals surface area contributed by atoms with Crippen molar-refractivity contribution in [1.82, 2.24) is 10.6 Å². The highest BCUT2D eigenvalue weighted by atomic mass is 16.2. The van der Waals surface area contributed by atoms with E-state index in [2.05, 4.69) is 34.9 Å². The van der Waals surface area contributed by atoms with Crippen molar-refractivity contribution in [2.45, 2.75) is 64.0 Å². The van der Waals surface area contributed by atoms with Crippen LogP contribution >= 0.6 is 0 Å². The summed E-state index contributed by atoms with van der Waals surface area (Å²) in [5.74, 6) is 0.264. The molecule has 0 bridgehead atoms. The topological polar surface area (TPSA) is 44.4 Å². The number of nitrogens with zero attached hydrogens (tertiary/aromatic N) is 1. The van der Waals surface area contributed by atoms with Crippen LogP contribution in [-0.2, 0) is 11.3 Å². The van der Waals surface area contributed by atoms with Gasteiger partial charge in [0.05, 0.1) is 0 Å². The van der Waals surface area contributed by atoms with Gasteiger partial charge < -0.3 is 15.5 Å². The molecule has 2 saturated heterocycles. The average Bonchev–Trinajstić information content (AvgIpc) is 3.09. The standard InChI is InChI=1S/C21H31N3O/c25-20-2-1-15-24(20)19-5-3-17(4-6-19)16-23-18-7-9-21(10-8-18)11-13-22-14-12-21/h3-6,18,22-23H,1-2,7-16H2. The van der Waals surface area contributed by atoms with E-state index in [1.807, 2.05) is 4.90 Å². The van der Waals surface area contributed by atoms with Crippen molar-refractivity contribution in [2.24, 2.45) is 5.41 Å². The molecule has 1 spiro atoms. The Kier molecular flexibility index (Phi) is 5.09. The van der Waals surface area contributed by atoms with Crippen molar-refractivity contribution in [2.75, 3.05) is 24.5 Å². The summed E-state index contributed by atoms with van der Waals surface area (Å²) in [6.07, 6.45) is 9.85. The Morgan fingerprint density at radius 3 is 2.44 bits per heavy atom. The minimum atomic E-state index is 0.264. The lowest BCUT2D eigenvalue weighted by Gasteiger charge is -2.43. The molecule has 2 heterocycles. The summed E-state index contributed by atoms with van der Waals surface area (Å²) in [7, 11) is 0. The molecule has 4 nitrogen and oxygen atoms in total. The number of hydrogen-bond donors (Lipinski definition) is 2. The summed E-state index contributed by atoms with van der Waals surface area (Å²) >= 11 is 0. The van der Waals surface area contributed by atoms with Gasteiger partial charge in [-0.25, -0.2) is 0 Å². The second kappa shape index (κ2) is 7.46. The van der Waals surface area contributed by atoms with E-state index < -0.39 is 0 Å². The van der Waals surface area contributed by atoms with Crippen LogP contribution in [0.3, 0.4) is 0 Å². The smallest absolute Gasteiger partial charge is 0.227 e. The summed E-state index contributed by atoms with van der Waals surface area (Å²) in [4.78, 5) is 13.7. The highest BCUT2D eigenvalue weighted by Gasteiger charge is 2.35. The summed E-state index contributed by atoms with van der Waals surface area (Å²) in [6.45, 7) is 4.23. The third-order valence-corrected chi connectivity index (χ3v) is 6.63. The van der Waals surface area contributed by atoms with E-state index >= 15 is 0 Å². The molecular weight excluding hydrogens is 310 g/mol. The summed E-state index contributed by atoms with van der Waals surface area (Å²) in [5.41, 5.74) is 3.02. The summed E-state index contributed by atoms with van der Waals surface area (Å²) in [5, 5.41) is 7.26. The first-order valence-corrected chi connectivity index (χ1v) is 10.1. The van der Waals surface area contributed by atoms with Crippen molar-refractivity contribution in [3.63, 3.8) is 0 Å². The van der Waals surface area contributed by atoms with Crippen molar-refractivity contribution in [1.29, 1.82) is 0 Å². The Labute approximate surface area is 151 Å². The van der Waals surface area contributed by atoms with Crippen molar-refractivity contribution in [3.05, 3.63) is 29.8 Å². The Balaban J connectivity index is 1.25. The second-order valence-electron chi connectivity index (χ2n) is 8.22. The van der Waals surface area contributed by atoms with E-state index in [0.717, 1.165) is 25.2 Å². The largest absolute Gasteiger partial charge is 0.317 e. The normalized spacial score (nSPS) is 24.2. The molecule has 0 aromatic heterocycles. The monoisotopic (exact) mass is 341 g/mol. The van der Waals surface area contributed by atoms with Gasteiger partial charge in [-0.2, -0.15) is 0 Å². The van der Waals surface area contributed by atoms with E-state index in [1.54, 1.807) is 0 Å². The predicted molar refractivity (Wildman–Crippen MR) is 102 cm³/mol. The zero-order chi connectivity index (χ0) is 17.1. The molecule has 3 aliphatic rings. The fraction of sp³-hybridized carbons (Fsp3) is 0.667. The highest BCUT2D eigenvalue weighted by Crippen LogP contribution is 2.43. The molecule has 1 aliphatic carbocycles. The van der Waals surface area contributed by atoms with Gasteiger partial charge in [0.15, 0.2) is 0 Å². The molecule has 0 unspecified atom stereocenters. The van der Waals surface area contributed by atoms with E-state index in [9.17, 15) is 4.79 Å². The number of carbonyl (C=O) groups is 1. The molecule has 4 rings (SSSR count). The SMILES string of the molecule is O=C1CCCN1c1ccc(CNC2CCC3(CCNCC3)CC2)cc1. The van der Waals surface area contributed by atoms with Crippen LogP contribution in [0.15, 0.2) is 24.3 Å². The number of nitrogens with one attached hydrogen (secondary N) is 2. The minimum absolute atomic E-state index is 0.264. The number of amides is 1. The lowest BCUT2D eigenvalue weighted by atomic mass is 9.67. The Morgan fingerprint density at radius 2 is 1.80 bits per heavy atom. The third-order valence-electron chi connectivity index (χ3n) is 6.63. The third kappa shape index (κ3) is 3.90. The first kappa shape index (κ1) is 17.0. The van der Waals surface area contributed by atoms with Crippen molar-refractivity contribution >= 4 is 11.6 Å². The van der Waals surface area contributed by atoms with Crippen LogP contribution in [0.5, 0.6) is 0 Å². The van der Waals surface area contributed by atoms with Gasteiger partial charge in [-0.15, -0.1) is 0 Å². The number of anilines is 1. The maximum absolute atomic E-state index is 11.8. The van der Waals surface area contributed by atoms with E-state index in [-0.39, 0.29) is 5.91 Å². The number of piperidine rings is 1. The maximum Gasteiger partial charge on any atom is 0.227 e. The number of benzene rings is 1. The van der Waals surface area contributed by atoms with Crippen LogP contribution in [0.25, 0.3) is 0 Å². The molecule has 1 aromatic carbocycles. The van der Waals surface area contributed by atoms with Crippen molar-refractivity contribution < 1.29 is 4.79 Å². The number of rotatable bonds is 4. The van der Waals surface area contributed by atoms with Gasteiger partial charge in [0.1, 0.15) is 0 Å². The van der Waals surface area contributed by atoms with E-state index in [4.69, 9.17) is 0 Å². The van der Waals surface area contributed by atoms with Gasteiger partial charge in [-0.3, -0.25) is 4.79 Å². The lowest BCUT2D eigenvalue weighted by Crippen LogP contribution is -2.42. The van der Waals surface area contributed by atoms with Crippen LogP contribution in [0.4, 0.5) is 5.69 Å². The first-order chi connectivity index (χ1) is 12.2. The molecular formula is C21H31N3O. The van der Waals surface area contributed by atoms with E-state index in [0.29, 0.717) is 17.9 Å². The molecule has 2 aliphatic heterocycles. The second-order valence-corrected chi connectivity index (χ2v) is 8.22. The number of carbonyl (C=O) groups excluding carboxylic acids is 1. The molecule has 136 valence electrons. The van der Waals surface area contributed by atoms with Crippen LogP contribution < -0.4 is 15.5 Å². The first-order valence-electron chi connectivity index (χ1n) is 10.1. The Morgan fingerprint density at radius 1 is 1.08 bits per heavy atom. The quantitative estimate of drug-likeness (QED) is 0.884. The van der Waals surface area contributed by atoms with Gasteiger partial charge in [-0.1, -0.05) is 12.1 Å². The number of hydrogen-bond acceptors (Lipinski definition) is 3. The van der Waals surface area contributed by atoms with Crippen molar-refractivity contribution in [3.8, 4) is 0 Å². The molecule has 2 N–H and O–H groups in total. The van der Waals surface area contributed by atoms with Crippen LogP contribution in [0.2, 0.25) is 0 Å². The van der Waals surface area contributed by atoms with Crippen LogP contribution in [0, 0.1) is 5.41 Å². The summed E-state index contributed by atoms with van der Waals surface area (Å²) in [6, 6.07) is 9.21. The molecule has 0 atom stereocenters. The molecule has 1 amide bonds. The lowest BCUT2D eigenvalue weighted by molar-refractivity contribution is -0.117. The molecule has 4 heteroatoms. The molecule has 1 aromatic rings. The predicted octanol–water partition coefficient (Wildman–Crippen LogP) is 3.22. The molecule has 1 saturated carbocycles. The molecule has 25 heavy (non-hydrogen) atoms. The van der Waals surface area contributed by atoms with Gasteiger partial charge in [0.2, 0.25) is 5.91 Å². The zero-order valence-electron chi connectivity index (χ0n) is 15.2. The molecule has 0 radical (unpaired) electrons. The van der Waals surface area contributed by atoms with Crippen LogP contribution in [0.1, 0.15) is 56.9 Å². The average molecular weight is 341 g/mol. The fourth-order valence-electron chi connectivity index (χ4n) is 4.87. The van der Waals surface area contributed by atoms with Gasteiger partial charge in [0.25, 0.3) is 0 Å². The highest BCUT2D eigenvalue weighted by molar-refractivity contribution is 5.95. The Bertz CT molecular complexity index is 582.